The Balaban J connectivity index is 1.93. The van der Waals surface area contributed by atoms with Gasteiger partial charge >= 0.3 is 0 Å². The average molecular weight is 337 g/mol. The Hall–Kier alpha value is -3.19. The van der Waals surface area contributed by atoms with Gasteiger partial charge in [0.1, 0.15) is 11.6 Å². The fraction of sp³-hybridized carbons (Fsp3) is 0.167. The highest BCUT2D eigenvalue weighted by Crippen LogP contribution is 2.25. The molecule has 0 atom stereocenters. The van der Waals surface area contributed by atoms with Gasteiger partial charge in [0.2, 0.25) is 5.95 Å². The Morgan fingerprint density at radius 2 is 1.92 bits per heavy atom. The molecule has 128 valence electrons. The summed E-state index contributed by atoms with van der Waals surface area (Å²) in [5.41, 5.74) is 2.54. The van der Waals surface area contributed by atoms with E-state index in [2.05, 4.69) is 25.6 Å². The number of anilines is 3. The average Bonchev–Trinajstić information content (AvgIpc) is 2.67. The van der Waals surface area contributed by atoms with Gasteiger partial charge in [-0.2, -0.15) is 4.98 Å². The maximum atomic E-state index is 9.02. The molecule has 0 amide bonds. The van der Waals surface area contributed by atoms with Crippen molar-refractivity contribution in [3.05, 3.63) is 54.9 Å². The molecule has 3 rings (SSSR count). The van der Waals surface area contributed by atoms with Gasteiger partial charge in [-0.05, 0) is 24.3 Å². The Kier molecular flexibility index (Phi) is 5.38. The third-order valence-corrected chi connectivity index (χ3v) is 3.44. The maximum Gasteiger partial charge on any atom is 0.225 e. The van der Waals surface area contributed by atoms with E-state index >= 15 is 0 Å². The minimum atomic E-state index is 0.00148. The monoisotopic (exact) mass is 337 g/mol. The van der Waals surface area contributed by atoms with Crippen molar-refractivity contribution >= 4 is 17.5 Å². The molecule has 0 spiro atoms. The molecule has 0 unspecified atom stereocenters. The van der Waals surface area contributed by atoms with Crippen LogP contribution >= 0.6 is 0 Å². The number of aliphatic hydroxyl groups excluding tert-OH is 1. The number of aromatic nitrogens is 3. The van der Waals surface area contributed by atoms with E-state index in [-0.39, 0.29) is 6.61 Å². The molecule has 0 radical (unpaired) electrons. The molecule has 3 aromatic rings. The van der Waals surface area contributed by atoms with Crippen molar-refractivity contribution in [1.82, 2.24) is 15.0 Å². The molecule has 0 saturated carbocycles. The van der Waals surface area contributed by atoms with Crippen LogP contribution in [0.3, 0.4) is 0 Å². The third-order valence-electron chi connectivity index (χ3n) is 3.44. The van der Waals surface area contributed by atoms with E-state index in [1.54, 1.807) is 19.5 Å². The summed E-state index contributed by atoms with van der Waals surface area (Å²) in [4.78, 5) is 13.0. The summed E-state index contributed by atoms with van der Waals surface area (Å²) in [6, 6.07) is 13.2. The van der Waals surface area contributed by atoms with Gasteiger partial charge in [-0.15, -0.1) is 0 Å². The molecule has 0 aliphatic rings. The molecule has 7 nitrogen and oxygen atoms in total. The quantitative estimate of drug-likeness (QED) is 0.610. The van der Waals surface area contributed by atoms with Crippen molar-refractivity contribution in [2.75, 3.05) is 30.9 Å². The van der Waals surface area contributed by atoms with E-state index in [0.717, 1.165) is 22.7 Å². The summed E-state index contributed by atoms with van der Waals surface area (Å²) in [6.07, 6.45) is 3.43. The normalized spacial score (nSPS) is 10.3. The lowest BCUT2D eigenvalue weighted by molar-refractivity contribution is 0.311. The molecule has 7 heteroatoms. The largest absolute Gasteiger partial charge is 0.497 e. The van der Waals surface area contributed by atoms with E-state index in [0.29, 0.717) is 18.3 Å². The van der Waals surface area contributed by atoms with Gasteiger partial charge in [0, 0.05) is 42.3 Å². The number of rotatable bonds is 7. The Morgan fingerprint density at radius 1 is 1.08 bits per heavy atom. The number of nitrogens with zero attached hydrogens (tertiary/aromatic N) is 3. The number of benzene rings is 1. The first-order chi connectivity index (χ1) is 12.3. The predicted octanol–water partition coefficient (Wildman–Crippen LogP) is 2.69. The minimum absolute atomic E-state index is 0.00148. The fourth-order valence-electron chi connectivity index (χ4n) is 2.28. The van der Waals surface area contributed by atoms with E-state index in [1.807, 2.05) is 42.5 Å². The molecule has 1 aromatic carbocycles. The second kappa shape index (κ2) is 8.07. The topological polar surface area (TPSA) is 92.2 Å². The molecule has 0 aliphatic heterocycles. The van der Waals surface area contributed by atoms with Gasteiger partial charge in [-0.3, -0.25) is 4.98 Å². The highest BCUT2D eigenvalue weighted by molar-refractivity contribution is 5.67. The van der Waals surface area contributed by atoms with Gasteiger partial charge in [-0.25, -0.2) is 4.98 Å². The van der Waals surface area contributed by atoms with Crippen LogP contribution in [0.4, 0.5) is 17.5 Å². The predicted molar refractivity (Wildman–Crippen MR) is 97.1 cm³/mol. The van der Waals surface area contributed by atoms with Crippen LogP contribution < -0.4 is 15.4 Å². The summed E-state index contributed by atoms with van der Waals surface area (Å²) >= 11 is 0. The van der Waals surface area contributed by atoms with E-state index < -0.39 is 0 Å². The second-order valence-corrected chi connectivity index (χ2v) is 5.21. The molecule has 0 fully saturated rings. The fourth-order valence-corrected chi connectivity index (χ4v) is 2.28. The SMILES string of the molecule is COc1cccc(Nc2cc(-c3ccncc3)nc(NCCO)n2)c1. The van der Waals surface area contributed by atoms with Gasteiger partial charge in [0.05, 0.1) is 19.4 Å². The molecule has 0 aliphatic carbocycles. The first kappa shape index (κ1) is 16.7. The summed E-state index contributed by atoms with van der Waals surface area (Å²) in [7, 11) is 1.63. The third kappa shape index (κ3) is 4.42. The Labute approximate surface area is 145 Å². The zero-order chi connectivity index (χ0) is 17.5. The second-order valence-electron chi connectivity index (χ2n) is 5.21. The lowest BCUT2D eigenvalue weighted by Crippen LogP contribution is -2.10. The van der Waals surface area contributed by atoms with Crippen LogP contribution in [0.25, 0.3) is 11.3 Å². The van der Waals surface area contributed by atoms with E-state index in [4.69, 9.17) is 9.84 Å². The van der Waals surface area contributed by atoms with Crippen molar-refractivity contribution in [2.24, 2.45) is 0 Å². The molecule has 0 saturated heterocycles. The number of hydrogen-bond donors (Lipinski definition) is 3. The van der Waals surface area contributed by atoms with Crippen molar-refractivity contribution in [3.8, 4) is 17.0 Å². The van der Waals surface area contributed by atoms with E-state index in [1.165, 1.54) is 0 Å². The smallest absolute Gasteiger partial charge is 0.225 e. The van der Waals surface area contributed by atoms with Crippen molar-refractivity contribution < 1.29 is 9.84 Å². The van der Waals surface area contributed by atoms with Crippen LogP contribution in [-0.2, 0) is 0 Å². The first-order valence-electron chi connectivity index (χ1n) is 7.84. The van der Waals surface area contributed by atoms with Crippen LogP contribution in [0.15, 0.2) is 54.9 Å². The number of hydrogen-bond acceptors (Lipinski definition) is 7. The van der Waals surface area contributed by atoms with Crippen molar-refractivity contribution in [1.29, 1.82) is 0 Å². The maximum absolute atomic E-state index is 9.02. The molecular formula is C18H19N5O2. The summed E-state index contributed by atoms with van der Waals surface area (Å²) in [6.45, 7) is 0.375. The molecule has 2 aromatic heterocycles. The standard InChI is InChI=1S/C18H19N5O2/c1-25-15-4-2-3-14(11-15)21-17-12-16(13-5-7-19-8-6-13)22-18(23-17)20-9-10-24/h2-8,11-12,24H,9-10H2,1H3,(H2,20,21,22,23). The van der Waals surface area contributed by atoms with Crippen LogP contribution in [0.5, 0.6) is 5.75 Å². The summed E-state index contributed by atoms with van der Waals surface area (Å²) in [5.74, 6) is 1.83. The lowest BCUT2D eigenvalue weighted by atomic mass is 10.2. The number of ether oxygens (including phenoxy) is 1. The zero-order valence-electron chi connectivity index (χ0n) is 13.8. The lowest BCUT2D eigenvalue weighted by Gasteiger charge is -2.11. The molecule has 0 bridgehead atoms. The molecule has 25 heavy (non-hydrogen) atoms. The van der Waals surface area contributed by atoms with Crippen LogP contribution in [-0.4, -0.2) is 40.3 Å². The Bertz CT molecular complexity index is 827. The van der Waals surface area contributed by atoms with E-state index in [9.17, 15) is 0 Å². The van der Waals surface area contributed by atoms with Crippen LogP contribution in [0.1, 0.15) is 0 Å². The molecular weight excluding hydrogens is 318 g/mol. The number of aliphatic hydroxyl groups is 1. The minimum Gasteiger partial charge on any atom is -0.497 e. The molecule has 3 N–H and O–H groups in total. The highest BCUT2D eigenvalue weighted by Gasteiger charge is 2.07. The summed E-state index contributed by atoms with van der Waals surface area (Å²) < 4.78 is 5.24. The highest BCUT2D eigenvalue weighted by atomic mass is 16.5. The molecule has 2 heterocycles. The zero-order valence-corrected chi connectivity index (χ0v) is 13.8. The summed E-state index contributed by atoms with van der Waals surface area (Å²) in [5, 5.41) is 15.3. The van der Waals surface area contributed by atoms with Crippen molar-refractivity contribution in [3.63, 3.8) is 0 Å². The number of methoxy groups -OCH3 is 1. The van der Waals surface area contributed by atoms with Gasteiger partial charge < -0.3 is 20.5 Å². The van der Waals surface area contributed by atoms with Crippen LogP contribution in [0, 0.1) is 0 Å². The van der Waals surface area contributed by atoms with Gasteiger partial charge in [-0.1, -0.05) is 6.07 Å². The number of nitrogens with one attached hydrogen (secondary N) is 2. The van der Waals surface area contributed by atoms with Crippen LogP contribution in [0.2, 0.25) is 0 Å². The van der Waals surface area contributed by atoms with Gasteiger partial charge in [0.25, 0.3) is 0 Å². The van der Waals surface area contributed by atoms with Gasteiger partial charge in [0.15, 0.2) is 0 Å². The van der Waals surface area contributed by atoms with Crippen molar-refractivity contribution in [2.45, 2.75) is 0 Å². The first-order valence-corrected chi connectivity index (χ1v) is 7.84. The Morgan fingerprint density at radius 3 is 2.68 bits per heavy atom. The number of pyridine rings is 1.